The third-order valence-electron chi connectivity index (χ3n) is 3.52. The molecular weight excluding hydrogens is 273 g/mol. The summed E-state index contributed by atoms with van der Waals surface area (Å²) < 4.78 is 13.0. The molecule has 3 nitrogen and oxygen atoms in total. The maximum Gasteiger partial charge on any atom is 0.190 e. The van der Waals surface area contributed by atoms with Gasteiger partial charge in [0.1, 0.15) is 5.82 Å². The standard InChI is InChI=1S/C15H18FN3S/c1-17-9-13-14(10-3-4-10)18-15(20-13)19(2)12-7-5-11(16)6-8-12/h5-8,10,17H,3-4,9H2,1-2H3. The molecule has 0 spiro atoms. The molecule has 2 aromatic rings. The Labute approximate surface area is 122 Å². The van der Waals surface area contributed by atoms with Gasteiger partial charge in [-0.15, -0.1) is 0 Å². The van der Waals surface area contributed by atoms with E-state index in [-0.39, 0.29) is 5.82 Å². The second-order valence-corrected chi connectivity index (χ2v) is 6.21. The summed E-state index contributed by atoms with van der Waals surface area (Å²) >= 11 is 1.72. The highest BCUT2D eigenvalue weighted by Gasteiger charge is 2.30. The highest BCUT2D eigenvalue weighted by Crippen LogP contribution is 2.44. The van der Waals surface area contributed by atoms with E-state index in [2.05, 4.69) is 5.32 Å². The monoisotopic (exact) mass is 291 g/mol. The van der Waals surface area contributed by atoms with Crippen molar-refractivity contribution in [3.63, 3.8) is 0 Å². The van der Waals surface area contributed by atoms with Crippen LogP contribution >= 0.6 is 11.3 Å². The minimum atomic E-state index is -0.212. The largest absolute Gasteiger partial charge is 0.321 e. The Kier molecular flexibility index (Phi) is 3.72. The lowest BCUT2D eigenvalue weighted by molar-refractivity contribution is 0.628. The molecule has 1 saturated carbocycles. The predicted octanol–water partition coefficient (Wildman–Crippen LogP) is 3.65. The summed E-state index contributed by atoms with van der Waals surface area (Å²) in [5.41, 5.74) is 2.20. The van der Waals surface area contributed by atoms with Crippen molar-refractivity contribution in [3.8, 4) is 0 Å². The van der Waals surface area contributed by atoms with E-state index in [1.165, 1.54) is 35.5 Å². The van der Waals surface area contributed by atoms with Crippen LogP contribution in [0.5, 0.6) is 0 Å². The molecule has 3 rings (SSSR count). The predicted molar refractivity (Wildman–Crippen MR) is 81.3 cm³/mol. The summed E-state index contributed by atoms with van der Waals surface area (Å²) in [5.74, 6) is 0.431. The summed E-state index contributed by atoms with van der Waals surface area (Å²) in [4.78, 5) is 8.14. The summed E-state index contributed by atoms with van der Waals surface area (Å²) in [6.07, 6.45) is 2.50. The van der Waals surface area contributed by atoms with E-state index in [1.54, 1.807) is 23.5 Å². The molecule has 1 aromatic heterocycles. The number of hydrogen-bond acceptors (Lipinski definition) is 4. The molecule has 0 amide bonds. The molecule has 1 aliphatic carbocycles. The number of aromatic nitrogens is 1. The number of nitrogens with one attached hydrogen (secondary N) is 1. The van der Waals surface area contributed by atoms with Gasteiger partial charge in [0.25, 0.3) is 0 Å². The first kappa shape index (κ1) is 13.5. The van der Waals surface area contributed by atoms with Gasteiger partial charge >= 0.3 is 0 Å². The molecule has 1 aromatic carbocycles. The van der Waals surface area contributed by atoms with Crippen molar-refractivity contribution in [2.24, 2.45) is 0 Å². The zero-order valence-corrected chi connectivity index (χ0v) is 12.5. The van der Waals surface area contributed by atoms with E-state index in [0.717, 1.165) is 17.4 Å². The summed E-state index contributed by atoms with van der Waals surface area (Å²) in [5, 5.41) is 4.18. The molecule has 1 heterocycles. The van der Waals surface area contributed by atoms with Crippen molar-refractivity contribution in [2.45, 2.75) is 25.3 Å². The van der Waals surface area contributed by atoms with Gasteiger partial charge in [0.2, 0.25) is 0 Å². The van der Waals surface area contributed by atoms with Crippen LogP contribution in [0.2, 0.25) is 0 Å². The Bertz CT molecular complexity index is 590. The van der Waals surface area contributed by atoms with Gasteiger partial charge in [0.05, 0.1) is 5.69 Å². The number of rotatable bonds is 5. The minimum Gasteiger partial charge on any atom is -0.321 e. The average Bonchev–Trinajstić information content (AvgIpc) is 3.21. The third-order valence-corrected chi connectivity index (χ3v) is 4.67. The Morgan fingerprint density at radius 3 is 2.65 bits per heavy atom. The van der Waals surface area contributed by atoms with Crippen LogP contribution in [0.1, 0.15) is 29.3 Å². The van der Waals surface area contributed by atoms with Gasteiger partial charge in [-0.3, -0.25) is 0 Å². The Hall–Kier alpha value is -1.46. The normalized spacial score (nSPS) is 14.6. The van der Waals surface area contributed by atoms with Crippen molar-refractivity contribution in [3.05, 3.63) is 40.7 Å². The van der Waals surface area contributed by atoms with Crippen LogP contribution in [0.25, 0.3) is 0 Å². The lowest BCUT2D eigenvalue weighted by Gasteiger charge is -2.15. The van der Waals surface area contributed by atoms with E-state index in [1.807, 2.05) is 19.0 Å². The molecule has 20 heavy (non-hydrogen) atoms. The van der Waals surface area contributed by atoms with Crippen LogP contribution in [-0.4, -0.2) is 19.1 Å². The first-order valence-electron chi connectivity index (χ1n) is 6.82. The zero-order valence-electron chi connectivity index (χ0n) is 11.7. The van der Waals surface area contributed by atoms with E-state index >= 15 is 0 Å². The van der Waals surface area contributed by atoms with Crippen molar-refractivity contribution in [1.29, 1.82) is 0 Å². The maximum atomic E-state index is 13.0. The van der Waals surface area contributed by atoms with Crippen LogP contribution in [0.4, 0.5) is 15.2 Å². The fraction of sp³-hybridized carbons (Fsp3) is 0.400. The van der Waals surface area contributed by atoms with Crippen LogP contribution in [0.15, 0.2) is 24.3 Å². The molecule has 0 unspecified atom stereocenters. The third kappa shape index (κ3) is 2.69. The summed E-state index contributed by atoms with van der Waals surface area (Å²) in [6, 6.07) is 6.53. The smallest absolute Gasteiger partial charge is 0.190 e. The lowest BCUT2D eigenvalue weighted by Crippen LogP contribution is -2.08. The molecule has 0 bridgehead atoms. The van der Waals surface area contributed by atoms with E-state index in [4.69, 9.17) is 4.98 Å². The Morgan fingerprint density at radius 1 is 1.35 bits per heavy atom. The van der Waals surface area contributed by atoms with Gasteiger partial charge in [0, 0.05) is 30.1 Å². The molecule has 0 atom stereocenters. The van der Waals surface area contributed by atoms with Crippen LogP contribution in [0.3, 0.4) is 0 Å². The topological polar surface area (TPSA) is 28.2 Å². The fourth-order valence-electron chi connectivity index (χ4n) is 2.23. The molecule has 5 heteroatoms. The van der Waals surface area contributed by atoms with Gasteiger partial charge < -0.3 is 10.2 Å². The molecule has 106 valence electrons. The van der Waals surface area contributed by atoms with Gasteiger partial charge in [-0.2, -0.15) is 0 Å². The maximum absolute atomic E-state index is 13.0. The van der Waals surface area contributed by atoms with Crippen molar-refractivity contribution >= 4 is 22.2 Å². The number of halogens is 1. The first-order valence-corrected chi connectivity index (χ1v) is 7.64. The molecule has 0 aliphatic heterocycles. The highest BCUT2D eigenvalue weighted by atomic mass is 32.1. The van der Waals surface area contributed by atoms with Gasteiger partial charge in [0.15, 0.2) is 5.13 Å². The van der Waals surface area contributed by atoms with Crippen LogP contribution < -0.4 is 10.2 Å². The van der Waals surface area contributed by atoms with E-state index in [9.17, 15) is 4.39 Å². The molecule has 1 aliphatic rings. The molecular formula is C15H18FN3S. The number of anilines is 2. The number of benzene rings is 1. The number of nitrogens with zero attached hydrogens (tertiary/aromatic N) is 2. The molecule has 1 fully saturated rings. The van der Waals surface area contributed by atoms with Gasteiger partial charge in [-0.1, -0.05) is 11.3 Å². The SMILES string of the molecule is CNCc1sc(N(C)c2ccc(F)cc2)nc1C1CC1. The molecule has 1 N–H and O–H groups in total. The minimum absolute atomic E-state index is 0.212. The second-order valence-electron chi connectivity index (χ2n) is 5.14. The quantitative estimate of drug-likeness (QED) is 0.911. The highest BCUT2D eigenvalue weighted by molar-refractivity contribution is 7.15. The van der Waals surface area contributed by atoms with Crippen LogP contribution in [-0.2, 0) is 6.54 Å². The molecule has 0 radical (unpaired) electrons. The zero-order chi connectivity index (χ0) is 14.1. The number of thiazole rings is 1. The van der Waals surface area contributed by atoms with Gasteiger partial charge in [-0.05, 0) is 44.2 Å². The number of hydrogen-bond donors (Lipinski definition) is 1. The molecule has 0 saturated heterocycles. The summed E-state index contributed by atoms with van der Waals surface area (Å²) in [6.45, 7) is 0.862. The van der Waals surface area contributed by atoms with Crippen LogP contribution in [0, 0.1) is 5.82 Å². The first-order chi connectivity index (χ1) is 9.69. The van der Waals surface area contributed by atoms with Crippen molar-refractivity contribution in [1.82, 2.24) is 10.3 Å². The van der Waals surface area contributed by atoms with E-state index in [0.29, 0.717) is 5.92 Å². The summed E-state index contributed by atoms with van der Waals surface area (Å²) in [7, 11) is 3.94. The fourth-order valence-corrected chi connectivity index (χ4v) is 3.37. The second kappa shape index (κ2) is 5.50. The van der Waals surface area contributed by atoms with E-state index < -0.39 is 0 Å². The lowest BCUT2D eigenvalue weighted by atomic mass is 10.2. The Balaban J connectivity index is 1.89. The Morgan fingerprint density at radius 2 is 2.05 bits per heavy atom. The van der Waals surface area contributed by atoms with Crippen molar-refractivity contribution in [2.75, 3.05) is 19.0 Å². The average molecular weight is 291 g/mol. The van der Waals surface area contributed by atoms with Crippen molar-refractivity contribution < 1.29 is 4.39 Å². The van der Waals surface area contributed by atoms with Gasteiger partial charge in [-0.25, -0.2) is 9.37 Å².